The fraction of sp³-hybridized carbons (Fsp3) is 0.300. The van der Waals surface area contributed by atoms with Gasteiger partial charge in [0.05, 0.1) is 10.5 Å². The summed E-state index contributed by atoms with van der Waals surface area (Å²) in [6, 6.07) is 11.5. The normalized spacial score (nSPS) is 15.3. The predicted molar refractivity (Wildman–Crippen MR) is 102 cm³/mol. The number of carbonyl (C=O) groups is 2. The largest absolute Gasteiger partial charge is 0.349 e. The van der Waals surface area contributed by atoms with Crippen molar-refractivity contribution in [3.05, 3.63) is 65.5 Å². The van der Waals surface area contributed by atoms with Crippen LogP contribution in [0, 0.1) is 5.82 Å². The Kier molecular flexibility index (Phi) is 5.79. The minimum absolute atomic E-state index is 0.0518. The van der Waals surface area contributed by atoms with Crippen molar-refractivity contribution in [1.82, 2.24) is 10.2 Å². The number of rotatable bonds is 4. The van der Waals surface area contributed by atoms with E-state index >= 15 is 0 Å². The molecule has 148 valence electrons. The van der Waals surface area contributed by atoms with E-state index in [2.05, 4.69) is 5.32 Å². The second-order valence-electron chi connectivity index (χ2n) is 6.82. The Morgan fingerprint density at radius 2 is 1.64 bits per heavy atom. The SMILES string of the molecule is CS(=O)(=O)c1ccc(C(=O)NC2CCN(C(=O)c3ccccc3F)CC2)cc1. The molecule has 2 amide bonds. The summed E-state index contributed by atoms with van der Waals surface area (Å²) in [4.78, 5) is 26.5. The molecule has 1 heterocycles. The number of hydrogen-bond acceptors (Lipinski definition) is 4. The van der Waals surface area contributed by atoms with Crippen LogP contribution in [0.5, 0.6) is 0 Å². The average Bonchev–Trinajstić information content (AvgIpc) is 2.68. The van der Waals surface area contributed by atoms with Gasteiger partial charge in [-0.3, -0.25) is 9.59 Å². The smallest absolute Gasteiger partial charge is 0.256 e. The zero-order valence-electron chi connectivity index (χ0n) is 15.4. The van der Waals surface area contributed by atoms with Crippen LogP contribution in [0.15, 0.2) is 53.4 Å². The van der Waals surface area contributed by atoms with E-state index in [1.54, 1.807) is 11.0 Å². The van der Waals surface area contributed by atoms with Crippen LogP contribution in [-0.2, 0) is 9.84 Å². The van der Waals surface area contributed by atoms with Gasteiger partial charge >= 0.3 is 0 Å². The number of nitrogens with one attached hydrogen (secondary N) is 1. The zero-order chi connectivity index (χ0) is 20.3. The third-order valence-corrected chi connectivity index (χ3v) is 5.89. The Labute approximate surface area is 163 Å². The summed E-state index contributed by atoms with van der Waals surface area (Å²) in [6.07, 6.45) is 2.24. The maximum atomic E-state index is 13.8. The molecule has 1 aliphatic rings. The Bertz CT molecular complexity index is 982. The van der Waals surface area contributed by atoms with Crippen LogP contribution in [0.1, 0.15) is 33.6 Å². The third-order valence-electron chi connectivity index (χ3n) is 4.77. The van der Waals surface area contributed by atoms with Gasteiger partial charge in [-0.2, -0.15) is 0 Å². The van der Waals surface area contributed by atoms with E-state index in [-0.39, 0.29) is 28.3 Å². The number of halogens is 1. The number of nitrogens with zero attached hydrogens (tertiary/aromatic N) is 1. The van der Waals surface area contributed by atoms with E-state index in [9.17, 15) is 22.4 Å². The van der Waals surface area contributed by atoms with Crippen molar-refractivity contribution >= 4 is 21.7 Å². The molecule has 0 bridgehead atoms. The van der Waals surface area contributed by atoms with Crippen molar-refractivity contribution in [3.63, 3.8) is 0 Å². The molecule has 1 aliphatic heterocycles. The number of carbonyl (C=O) groups excluding carboxylic acids is 2. The van der Waals surface area contributed by atoms with E-state index in [1.807, 2.05) is 0 Å². The molecule has 3 rings (SSSR count). The Morgan fingerprint density at radius 1 is 1.04 bits per heavy atom. The highest BCUT2D eigenvalue weighted by Gasteiger charge is 2.26. The first-order chi connectivity index (χ1) is 13.3. The van der Waals surface area contributed by atoms with Gasteiger partial charge in [0.2, 0.25) is 0 Å². The quantitative estimate of drug-likeness (QED) is 0.847. The van der Waals surface area contributed by atoms with E-state index in [0.717, 1.165) is 6.26 Å². The highest BCUT2D eigenvalue weighted by atomic mass is 32.2. The second kappa shape index (κ2) is 8.10. The lowest BCUT2D eigenvalue weighted by Crippen LogP contribution is -2.46. The van der Waals surface area contributed by atoms with Gasteiger partial charge < -0.3 is 10.2 Å². The van der Waals surface area contributed by atoms with Gasteiger partial charge in [0.25, 0.3) is 11.8 Å². The lowest BCUT2D eigenvalue weighted by atomic mass is 10.0. The van der Waals surface area contributed by atoms with Gasteiger partial charge in [0, 0.05) is 31.0 Å². The fourth-order valence-electron chi connectivity index (χ4n) is 3.15. The van der Waals surface area contributed by atoms with E-state index < -0.39 is 15.7 Å². The number of amides is 2. The van der Waals surface area contributed by atoms with Gasteiger partial charge in [0.15, 0.2) is 9.84 Å². The summed E-state index contributed by atoms with van der Waals surface area (Å²) in [5.41, 5.74) is 0.424. The third kappa shape index (κ3) is 4.56. The molecule has 6 nitrogen and oxygen atoms in total. The molecule has 2 aromatic carbocycles. The Morgan fingerprint density at radius 3 is 2.21 bits per heavy atom. The van der Waals surface area contributed by atoms with E-state index in [4.69, 9.17) is 0 Å². The number of sulfone groups is 1. The topological polar surface area (TPSA) is 83.6 Å². The van der Waals surface area contributed by atoms with Crippen molar-refractivity contribution in [2.24, 2.45) is 0 Å². The van der Waals surface area contributed by atoms with Crippen LogP contribution in [0.4, 0.5) is 4.39 Å². The summed E-state index contributed by atoms with van der Waals surface area (Å²) in [7, 11) is -3.31. The Balaban J connectivity index is 1.56. The molecule has 0 unspecified atom stereocenters. The maximum Gasteiger partial charge on any atom is 0.256 e. The lowest BCUT2D eigenvalue weighted by Gasteiger charge is -2.32. The van der Waals surface area contributed by atoms with Crippen LogP contribution >= 0.6 is 0 Å². The molecular formula is C20H21FN2O4S. The molecule has 0 spiro atoms. The number of benzene rings is 2. The van der Waals surface area contributed by atoms with Crippen LogP contribution in [0.2, 0.25) is 0 Å². The number of piperidine rings is 1. The molecule has 8 heteroatoms. The maximum absolute atomic E-state index is 13.8. The lowest BCUT2D eigenvalue weighted by molar-refractivity contribution is 0.0693. The zero-order valence-corrected chi connectivity index (χ0v) is 16.2. The molecule has 0 radical (unpaired) electrons. The molecule has 1 N–H and O–H groups in total. The summed E-state index contributed by atoms with van der Waals surface area (Å²) >= 11 is 0. The molecule has 1 saturated heterocycles. The summed E-state index contributed by atoms with van der Waals surface area (Å²) in [5.74, 6) is -1.18. The fourth-order valence-corrected chi connectivity index (χ4v) is 3.78. The standard InChI is InChI=1S/C20H21FN2O4S/c1-28(26,27)16-8-6-14(7-9-16)19(24)22-15-10-12-23(13-11-15)20(25)17-4-2-3-5-18(17)21/h2-9,15H,10-13H2,1H3,(H,22,24). The van der Waals surface area contributed by atoms with Gasteiger partial charge in [-0.25, -0.2) is 12.8 Å². The molecule has 0 aromatic heterocycles. The molecule has 1 fully saturated rings. The highest BCUT2D eigenvalue weighted by Crippen LogP contribution is 2.17. The first-order valence-electron chi connectivity index (χ1n) is 8.90. The summed E-state index contributed by atoms with van der Waals surface area (Å²) in [6.45, 7) is 0.844. The van der Waals surface area contributed by atoms with E-state index in [0.29, 0.717) is 31.5 Å². The van der Waals surface area contributed by atoms with Crippen molar-refractivity contribution in [2.75, 3.05) is 19.3 Å². The first-order valence-corrected chi connectivity index (χ1v) is 10.8. The van der Waals surface area contributed by atoms with Crippen LogP contribution in [0.25, 0.3) is 0 Å². The van der Waals surface area contributed by atoms with Gasteiger partial charge in [0.1, 0.15) is 5.82 Å². The number of hydrogen-bond donors (Lipinski definition) is 1. The molecule has 0 atom stereocenters. The average molecular weight is 404 g/mol. The molecule has 0 saturated carbocycles. The van der Waals surface area contributed by atoms with Crippen LogP contribution in [0.3, 0.4) is 0 Å². The van der Waals surface area contributed by atoms with E-state index in [1.165, 1.54) is 42.5 Å². The predicted octanol–water partition coefficient (Wildman–Crippen LogP) is 2.26. The Hall–Kier alpha value is -2.74. The molecule has 28 heavy (non-hydrogen) atoms. The first kappa shape index (κ1) is 20.0. The van der Waals surface area contributed by atoms with Crippen LogP contribution < -0.4 is 5.32 Å². The van der Waals surface area contributed by atoms with Crippen molar-refractivity contribution in [2.45, 2.75) is 23.8 Å². The van der Waals surface area contributed by atoms with Gasteiger partial charge in [-0.15, -0.1) is 0 Å². The summed E-state index contributed by atoms with van der Waals surface area (Å²) in [5, 5.41) is 2.90. The van der Waals surface area contributed by atoms with Crippen LogP contribution in [-0.4, -0.2) is 50.5 Å². The van der Waals surface area contributed by atoms with Crippen molar-refractivity contribution < 1.29 is 22.4 Å². The summed E-state index contributed by atoms with van der Waals surface area (Å²) < 4.78 is 36.8. The highest BCUT2D eigenvalue weighted by molar-refractivity contribution is 7.90. The van der Waals surface area contributed by atoms with Gasteiger partial charge in [-0.05, 0) is 49.2 Å². The minimum Gasteiger partial charge on any atom is -0.349 e. The molecule has 2 aromatic rings. The van der Waals surface area contributed by atoms with Gasteiger partial charge in [-0.1, -0.05) is 12.1 Å². The minimum atomic E-state index is -3.31. The molecular weight excluding hydrogens is 383 g/mol. The van der Waals surface area contributed by atoms with Crippen molar-refractivity contribution in [3.8, 4) is 0 Å². The monoisotopic (exact) mass is 404 g/mol. The molecule has 0 aliphatic carbocycles. The second-order valence-corrected chi connectivity index (χ2v) is 8.83. The number of likely N-dealkylation sites (tertiary alicyclic amines) is 1. The van der Waals surface area contributed by atoms with Crippen molar-refractivity contribution in [1.29, 1.82) is 0 Å².